The molecule has 3 aromatic carbocycles. The first-order chi connectivity index (χ1) is 24.1. The number of ketones is 1. The average molecular weight is 687 g/mol. The largest absolute Gasteiger partial charge is 0.497 e. The molecule has 10 rings (SSSR count). The number of thioether (sulfide) groups is 1. The Labute approximate surface area is 298 Å². The van der Waals surface area contributed by atoms with Gasteiger partial charge in [-0.05, 0) is 85.5 Å². The number of benzene rings is 3. The molecular weight excluding hydrogens is 641 g/mol. The van der Waals surface area contributed by atoms with Crippen LogP contribution in [-0.4, -0.2) is 50.5 Å². The number of hydrogen-bond donors (Lipinski definition) is 3. The van der Waals surface area contributed by atoms with Gasteiger partial charge in [0.25, 0.3) is 0 Å². The minimum absolute atomic E-state index is 0.0736. The molecule has 8 atom stereocenters. The van der Waals surface area contributed by atoms with E-state index in [0.29, 0.717) is 18.6 Å². The van der Waals surface area contributed by atoms with Crippen LogP contribution < -0.4 is 4.74 Å². The molecule has 1 aromatic heterocycles. The van der Waals surface area contributed by atoms with Gasteiger partial charge >= 0.3 is 0 Å². The van der Waals surface area contributed by atoms with Gasteiger partial charge in [0.1, 0.15) is 5.75 Å². The molecule has 6 aliphatic carbocycles. The molecule has 3 saturated carbocycles. The zero-order valence-electron chi connectivity index (χ0n) is 29.1. The minimum Gasteiger partial charge on any atom is -0.497 e. The molecular formula is C43H46N2O4S. The van der Waals surface area contributed by atoms with Crippen LogP contribution in [0.2, 0.25) is 0 Å². The molecule has 1 heterocycles. The summed E-state index contributed by atoms with van der Waals surface area (Å²) in [6.07, 6.45) is 12.5. The van der Waals surface area contributed by atoms with Gasteiger partial charge in [-0.1, -0.05) is 98.4 Å². The van der Waals surface area contributed by atoms with Crippen LogP contribution in [0.1, 0.15) is 69.2 Å². The number of ether oxygens (including phenoxy) is 1. The van der Waals surface area contributed by atoms with Crippen LogP contribution in [0.15, 0.2) is 102 Å². The number of carbonyl (C=O) groups excluding carboxylic acids is 1. The van der Waals surface area contributed by atoms with Gasteiger partial charge in [-0.15, -0.1) is 0 Å². The number of allylic oxidation sites excluding steroid dienone is 4. The standard InChI is InChI=1S/C43H46N2O4S/c1-39-18-15-28(46)24-41(39)21-22-43(32(25-41)37(47)31-12-8-7-11-30(31)27-9-5-4-6-10-27)35(39)16-19-40(2)36(43)17-20-42(40,48)26-50-38-44-33-14-13-29(49-3)23-34(33)45-38/h4-14,21-23,25,28,35-36,46,48H,15-20,24,26H2,1-3H3,(H,44,45)/t28?,35-,36-,39-,40+,41+,42-,43-/m1/s1. The number of aromatic amines is 1. The number of H-pyrrole nitrogens is 1. The summed E-state index contributed by atoms with van der Waals surface area (Å²) in [5.41, 5.74) is 3.11. The maximum absolute atomic E-state index is 15.3. The number of aromatic nitrogens is 2. The van der Waals surface area contributed by atoms with Crippen LogP contribution in [-0.2, 0) is 0 Å². The van der Waals surface area contributed by atoms with E-state index < -0.39 is 16.4 Å². The lowest BCUT2D eigenvalue weighted by Gasteiger charge is -2.71. The Bertz CT molecular complexity index is 2070. The van der Waals surface area contributed by atoms with Crippen molar-refractivity contribution in [3.63, 3.8) is 0 Å². The van der Waals surface area contributed by atoms with Crippen LogP contribution in [0.4, 0.5) is 0 Å². The predicted molar refractivity (Wildman–Crippen MR) is 198 cm³/mol. The van der Waals surface area contributed by atoms with Crippen molar-refractivity contribution in [3.05, 3.63) is 102 Å². The third kappa shape index (κ3) is 4.29. The maximum Gasteiger partial charge on any atom is 0.190 e. The van der Waals surface area contributed by atoms with Crippen LogP contribution in [0, 0.1) is 33.5 Å². The van der Waals surface area contributed by atoms with Crippen molar-refractivity contribution in [2.75, 3.05) is 12.9 Å². The number of Topliss-reactive ketones (excluding diaryl/α,β-unsaturated/α-hetero) is 1. The lowest BCUT2D eigenvalue weighted by atomic mass is 9.32. The Kier molecular flexibility index (Phi) is 7.21. The number of nitrogens with one attached hydrogen (secondary N) is 1. The number of nitrogens with zero attached hydrogens (tertiary/aromatic N) is 1. The molecule has 50 heavy (non-hydrogen) atoms. The van der Waals surface area contributed by atoms with Crippen molar-refractivity contribution in [3.8, 4) is 16.9 Å². The van der Waals surface area contributed by atoms with E-state index in [4.69, 9.17) is 9.72 Å². The lowest BCUT2D eigenvalue weighted by Crippen LogP contribution is -2.67. The fraction of sp³-hybridized carbons (Fsp3) is 0.442. The minimum atomic E-state index is -0.932. The summed E-state index contributed by atoms with van der Waals surface area (Å²) in [6.45, 7) is 4.74. The first-order valence-electron chi connectivity index (χ1n) is 18.3. The van der Waals surface area contributed by atoms with E-state index in [9.17, 15) is 10.2 Å². The molecule has 258 valence electrons. The van der Waals surface area contributed by atoms with E-state index in [1.807, 2.05) is 54.6 Å². The number of fused-ring (bicyclic) bond motifs is 2. The van der Waals surface area contributed by atoms with Crippen LogP contribution >= 0.6 is 11.8 Å². The summed E-state index contributed by atoms with van der Waals surface area (Å²) in [5.74, 6) is 1.74. The smallest absolute Gasteiger partial charge is 0.190 e. The fourth-order valence-corrected chi connectivity index (χ4v) is 12.8. The Balaban J connectivity index is 1.13. The number of carbonyl (C=O) groups is 1. The number of rotatable bonds is 7. The quantitative estimate of drug-likeness (QED) is 0.102. The number of imidazole rings is 1. The highest BCUT2D eigenvalue weighted by atomic mass is 32.2. The first kappa shape index (κ1) is 32.3. The normalized spacial score (nSPS) is 36.8. The number of aliphatic hydroxyl groups excluding tert-OH is 1. The highest BCUT2D eigenvalue weighted by Crippen LogP contribution is 2.78. The summed E-state index contributed by atoms with van der Waals surface area (Å²) in [5, 5.41) is 24.7. The van der Waals surface area contributed by atoms with Gasteiger partial charge in [0.05, 0.1) is 29.8 Å². The zero-order valence-corrected chi connectivity index (χ0v) is 29.9. The van der Waals surface area contributed by atoms with Gasteiger partial charge in [0.2, 0.25) is 0 Å². The molecule has 0 radical (unpaired) electrons. The van der Waals surface area contributed by atoms with Gasteiger partial charge in [-0.3, -0.25) is 4.79 Å². The van der Waals surface area contributed by atoms with Gasteiger partial charge in [0.15, 0.2) is 10.9 Å². The maximum atomic E-state index is 15.3. The van der Waals surface area contributed by atoms with Crippen molar-refractivity contribution >= 4 is 28.6 Å². The highest BCUT2D eigenvalue weighted by molar-refractivity contribution is 7.99. The van der Waals surface area contributed by atoms with Crippen molar-refractivity contribution in [2.24, 2.45) is 33.5 Å². The number of methoxy groups -OCH3 is 1. The predicted octanol–water partition coefficient (Wildman–Crippen LogP) is 8.80. The number of hydrogen-bond acceptors (Lipinski definition) is 6. The fourth-order valence-electron chi connectivity index (χ4n) is 11.6. The van der Waals surface area contributed by atoms with Crippen LogP contribution in [0.25, 0.3) is 22.2 Å². The first-order valence-corrected chi connectivity index (χ1v) is 19.2. The number of aliphatic hydroxyl groups is 2. The van der Waals surface area contributed by atoms with Gasteiger partial charge < -0.3 is 19.9 Å². The lowest BCUT2D eigenvalue weighted by molar-refractivity contribution is -0.166. The van der Waals surface area contributed by atoms with Crippen molar-refractivity contribution < 1.29 is 19.7 Å². The van der Waals surface area contributed by atoms with Crippen LogP contribution in [0.5, 0.6) is 5.75 Å². The van der Waals surface area contributed by atoms with Gasteiger partial charge in [0, 0.05) is 39.2 Å². The summed E-state index contributed by atoms with van der Waals surface area (Å²) >= 11 is 1.59. The van der Waals surface area contributed by atoms with E-state index in [-0.39, 0.29) is 34.6 Å². The average Bonchev–Trinajstić information content (AvgIpc) is 3.67. The summed E-state index contributed by atoms with van der Waals surface area (Å²) in [7, 11) is 1.66. The molecule has 0 aliphatic heterocycles. The third-order valence-electron chi connectivity index (χ3n) is 14.3. The topological polar surface area (TPSA) is 95.4 Å². The molecule has 6 nitrogen and oxygen atoms in total. The van der Waals surface area contributed by atoms with E-state index in [1.54, 1.807) is 18.9 Å². The van der Waals surface area contributed by atoms with Gasteiger partial charge in [-0.25, -0.2) is 4.98 Å². The van der Waals surface area contributed by atoms with Gasteiger partial charge in [-0.2, -0.15) is 0 Å². The second-order valence-corrected chi connectivity index (χ2v) is 17.2. The third-order valence-corrected chi connectivity index (χ3v) is 15.4. The molecule has 0 amide bonds. The van der Waals surface area contributed by atoms with E-state index in [2.05, 4.69) is 55.3 Å². The highest BCUT2D eigenvalue weighted by Gasteiger charge is 2.74. The molecule has 7 heteroatoms. The Hall–Kier alpha value is -3.65. The Morgan fingerprint density at radius 2 is 1.68 bits per heavy atom. The van der Waals surface area contributed by atoms with Crippen molar-refractivity contribution in [2.45, 2.75) is 75.7 Å². The van der Waals surface area contributed by atoms with E-state index in [1.165, 1.54) is 0 Å². The molecule has 4 aromatic rings. The summed E-state index contributed by atoms with van der Waals surface area (Å²) in [4.78, 5) is 23.6. The molecule has 0 saturated heterocycles. The van der Waals surface area contributed by atoms with E-state index >= 15 is 4.79 Å². The Morgan fingerprint density at radius 3 is 2.50 bits per heavy atom. The van der Waals surface area contributed by atoms with Crippen molar-refractivity contribution in [1.29, 1.82) is 0 Å². The van der Waals surface area contributed by atoms with E-state index in [0.717, 1.165) is 76.3 Å². The molecule has 3 fully saturated rings. The SMILES string of the molecule is COc1ccc2nc(SC[C@]3(O)CC[C@H]4[C@]56C=C[C@@]7(C=C5C(=O)c5ccccc5-c5ccccc5)CC(O)CC[C@]7(C)[C@H]6CC[C@@]43C)[nH]c2c1. The molecule has 2 bridgehead atoms. The van der Waals surface area contributed by atoms with Crippen LogP contribution in [0.3, 0.4) is 0 Å². The monoisotopic (exact) mass is 686 g/mol. The summed E-state index contributed by atoms with van der Waals surface area (Å²) < 4.78 is 5.41. The Morgan fingerprint density at radius 1 is 0.940 bits per heavy atom. The van der Waals surface area contributed by atoms with Crippen molar-refractivity contribution in [1.82, 2.24) is 9.97 Å². The molecule has 1 unspecified atom stereocenters. The summed E-state index contributed by atoms with van der Waals surface area (Å²) in [6, 6.07) is 24.1. The zero-order chi connectivity index (χ0) is 34.5. The second-order valence-electron chi connectivity index (χ2n) is 16.3. The second kappa shape index (κ2) is 11.2. The molecule has 3 N–H and O–H groups in total. The molecule has 6 aliphatic rings. The molecule has 2 spiro atoms.